The second-order valence-electron chi connectivity index (χ2n) is 0.767. The van der Waals surface area contributed by atoms with Crippen LogP contribution in [0.5, 0.6) is 0 Å². The molecule has 0 amide bonds. The average Bonchev–Trinajstić information content (AvgIpc) is 1.76. The van der Waals surface area contributed by atoms with Crippen LogP contribution in [0.25, 0.3) is 0 Å². The van der Waals surface area contributed by atoms with E-state index in [1.54, 1.807) is 0 Å². The monoisotopic (exact) mass is 411 g/mol. The number of halogens is 12. The minimum atomic E-state index is -4.12. The van der Waals surface area contributed by atoms with Gasteiger partial charge in [-0.3, -0.25) is 0 Å². The first-order valence-corrected chi connectivity index (χ1v) is 6.09. The van der Waals surface area contributed by atoms with E-state index in [4.69, 9.17) is 0 Å². The van der Waals surface area contributed by atoms with E-state index in [-0.39, 0.29) is 16.8 Å². The van der Waals surface area contributed by atoms with E-state index in [1.807, 2.05) is 0 Å². The Bertz CT molecular complexity index is 61.5. The average molecular weight is 411 g/mol. The van der Waals surface area contributed by atoms with Crippen molar-refractivity contribution in [3.63, 3.8) is 0 Å². The van der Waals surface area contributed by atoms with E-state index in [0.717, 1.165) is 0 Å². The van der Waals surface area contributed by atoms with Crippen molar-refractivity contribution in [2.75, 3.05) is 0 Å². The standard InChI is InChI=1S/Co.4F3P/c;4*1-4(2)3. The largest absolute Gasteiger partial charge is 0.456 e. The third-order valence-electron chi connectivity index (χ3n) is 0. The molecule has 0 nitrogen and oxygen atoms in total. The molecule has 0 spiro atoms. The van der Waals surface area contributed by atoms with Crippen LogP contribution in [0, 0.1) is 0 Å². The molecular weight excluding hydrogens is 411 g/mol. The molecule has 0 aromatic carbocycles. The van der Waals surface area contributed by atoms with Crippen molar-refractivity contribution >= 4 is 35.4 Å². The van der Waals surface area contributed by atoms with Gasteiger partial charge in [-0.05, 0) is 0 Å². The van der Waals surface area contributed by atoms with Gasteiger partial charge in [0, 0.05) is 16.8 Å². The van der Waals surface area contributed by atoms with Gasteiger partial charge in [0.1, 0.15) is 0 Å². The van der Waals surface area contributed by atoms with Crippen molar-refractivity contribution in [3.8, 4) is 0 Å². The summed E-state index contributed by atoms with van der Waals surface area (Å²) in [7, 11) is -16.5. The molecule has 0 aromatic rings. The molecule has 0 fully saturated rings. The SMILES string of the molecule is FP(F)F.FP(F)F.FP(F)F.FP(F)F.[Co]. The van der Waals surface area contributed by atoms with Crippen LogP contribution in [-0.4, -0.2) is 0 Å². The molecule has 0 aliphatic carbocycles. The van der Waals surface area contributed by atoms with Crippen molar-refractivity contribution in [1.82, 2.24) is 0 Å². The molecule has 17 heavy (non-hydrogen) atoms. The summed E-state index contributed by atoms with van der Waals surface area (Å²) in [6.07, 6.45) is 0. The van der Waals surface area contributed by atoms with E-state index >= 15 is 0 Å². The molecule has 0 N–H and O–H groups in total. The maximum Gasteiger partial charge on any atom is 0.456 e. The molecule has 0 atom stereocenters. The van der Waals surface area contributed by atoms with Crippen LogP contribution in [0.2, 0.25) is 0 Å². The van der Waals surface area contributed by atoms with Gasteiger partial charge in [0.15, 0.2) is 0 Å². The molecule has 0 aliphatic rings. The Morgan fingerprint density at radius 2 is 0.294 bits per heavy atom. The number of rotatable bonds is 0. The minimum Gasteiger partial charge on any atom is -0.152 e. The van der Waals surface area contributed by atoms with Crippen molar-refractivity contribution in [2.45, 2.75) is 0 Å². The number of hydrogen-bond acceptors (Lipinski definition) is 0. The summed E-state index contributed by atoms with van der Waals surface area (Å²) in [6.45, 7) is 0. The molecule has 0 saturated heterocycles. The minimum absolute atomic E-state index is 0. The summed E-state index contributed by atoms with van der Waals surface area (Å²) in [6, 6.07) is 0. The molecule has 17 heteroatoms. The zero-order valence-electron chi connectivity index (χ0n) is 6.66. The zero-order chi connectivity index (χ0) is 14.3. The fraction of sp³-hybridized carbons (Fsp3) is 0. The summed E-state index contributed by atoms with van der Waals surface area (Å²) in [5.74, 6) is 0. The van der Waals surface area contributed by atoms with Crippen LogP contribution in [0.15, 0.2) is 0 Å². The summed E-state index contributed by atoms with van der Waals surface area (Å²) < 4.78 is 117. The smallest absolute Gasteiger partial charge is 0.152 e. The van der Waals surface area contributed by atoms with Crippen molar-refractivity contribution < 1.29 is 67.1 Å². The van der Waals surface area contributed by atoms with Crippen LogP contribution in [0.3, 0.4) is 0 Å². The first kappa shape index (κ1) is 31.0. The summed E-state index contributed by atoms with van der Waals surface area (Å²) >= 11 is 0. The van der Waals surface area contributed by atoms with Crippen LogP contribution in [0.1, 0.15) is 0 Å². The predicted molar refractivity (Wildman–Crippen MR) is 41.0 cm³/mol. The van der Waals surface area contributed by atoms with Crippen LogP contribution in [0.4, 0.5) is 50.4 Å². The Morgan fingerprint density at radius 1 is 0.294 bits per heavy atom. The maximum atomic E-state index is 9.73. The van der Waals surface area contributed by atoms with E-state index in [0.29, 0.717) is 0 Å². The predicted octanol–water partition coefficient (Wildman–Crippen LogP) is 8.48. The van der Waals surface area contributed by atoms with Gasteiger partial charge in [-0.25, -0.2) is 0 Å². The summed E-state index contributed by atoms with van der Waals surface area (Å²) in [5.41, 5.74) is 0. The third kappa shape index (κ3) is 2140. The Hall–Kier alpha value is 1.39. The Balaban J connectivity index is -0.0000000369. The van der Waals surface area contributed by atoms with Crippen LogP contribution >= 0.6 is 35.4 Å². The zero-order valence-corrected chi connectivity index (χ0v) is 11.3. The molecule has 1 radical (unpaired) electrons. The molecule has 113 valence electrons. The van der Waals surface area contributed by atoms with E-state index in [2.05, 4.69) is 0 Å². The van der Waals surface area contributed by atoms with Gasteiger partial charge in [0.05, 0.1) is 0 Å². The van der Waals surface area contributed by atoms with Crippen molar-refractivity contribution in [1.29, 1.82) is 0 Å². The molecule has 0 bridgehead atoms. The summed E-state index contributed by atoms with van der Waals surface area (Å²) in [4.78, 5) is 0. The van der Waals surface area contributed by atoms with Gasteiger partial charge in [0.25, 0.3) is 0 Å². The number of hydrogen-bond donors (Lipinski definition) is 0. The first-order valence-electron chi connectivity index (χ1n) is 2.03. The van der Waals surface area contributed by atoms with Crippen LogP contribution < -0.4 is 0 Å². The van der Waals surface area contributed by atoms with E-state index < -0.39 is 35.4 Å². The second-order valence-corrected chi connectivity index (χ2v) is 2.30. The molecule has 0 saturated carbocycles. The fourth-order valence-corrected chi connectivity index (χ4v) is 0. The Morgan fingerprint density at radius 3 is 0.294 bits per heavy atom. The van der Waals surface area contributed by atoms with Crippen molar-refractivity contribution in [2.24, 2.45) is 0 Å². The van der Waals surface area contributed by atoms with Gasteiger partial charge in [-0.2, -0.15) is 50.4 Å². The Labute approximate surface area is 103 Å². The fourth-order valence-electron chi connectivity index (χ4n) is 0. The molecule has 0 aromatic heterocycles. The summed E-state index contributed by atoms with van der Waals surface area (Å²) in [5, 5.41) is 0. The molecule has 0 rings (SSSR count). The molecular formula is CoF12P4. The van der Waals surface area contributed by atoms with E-state index in [1.165, 1.54) is 0 Å². The van der Waals surface area contributed by atoms with Crippen molar-refractivity contribution in [3.05, 3.63) is 0 Å². The van der Waals surface area contributed by atoms with Gasteiger partial charge < -0.3 is 0 Å². The van der Waals surface area contributed by atoms with E-state index in [9.17, 15) is 50.4 Å². The molecule has 0 aliphatic heterocycles. The molecule has 0 heterocycles. The van der Waals surface area contributed by atoms with Gasteiger partial charge >= 0.3 is 35.4 Å². The van der Waals surface area contributed by atoms with Gasteiger partial charge in [-0.15, -0.1) is 0 Å². The Kier molecular flexibility index (Phi) is 47.5. The third-order valence-corrected chi connectivity index (χ3v) is 0. The quantitative estimate of drug-likeness (QED) is 0.277. The maximum absolute atomic E-state index is 9.73. The van der Waals surface area contributed by atoms with Gasteiger partial charge in [0.2, 0.25) is 0 Å². The molecule has 0 unspecified atom stereocenters. The first-order chi connectivity index (χ1) is 6.93. The topological polar surface area (TPSA) is 0 Å². The second kappa shape index (κ2) is 26.1. The van der Waals surface area contributed by atoms with Crippen LogP contribution in [-0.2, 0) is 16.8 Å². The van der Waals surface area contributed by atoms with Gasteiger partial charge in [-0.1, -0.05) is 0 Å². The normalized spacial score (nSPS) is 8.47.